The van der Waals surface area contributed by atoms with Gasteiger partial charge >= 0.3 is 0 Å². The van der Waals surface area contributed by atoms with Crippen molar-refractivity contribution >= 4 is 29.1 Å². The van der Waals surface area contributed by atoms with Gasteiger partial charge in [0.15, 0.2) is 0 Å². The number of primary amides is 1. The van der Waals surface area contributed by atoms with E-state index in [2.05, 4.69) is 0 Å². The third-order valence-corrected chi connectivity index (χ3v) is 2.09. The molecule has 1 aromatic carbocycles. The molecule has 0 fully saturated rings. The first-order valence-corrected chi connectivity index (χ1v) is 4.14. The van der Waals surface area contributed by atoms with Crippen molar-refractivity contribution in [1.82, 2.24) is 0 Å². The van der Waals surface area contributed by atoms with Crippen molar-refractivity contribution in [2.45, 2.75) is 0 Å². The van der Waals surface area contributed by atoms with E-state index in [4.69, 9.17) is 33.7 Å². The second-order valence-electron chi connectivity index (χ2n) is 2.33. The van der Waals surface area contributed by atoms with E-state index in [1.807, 2.05) is 0 Å². The van der Waals surface area contributed by atoms with E-state index in [0.717, 1.165) is 0 Å². The van der Waals surface area contributed by atoms with Gasteiger partial charge < -0.3 is 10.5 Å². The van der Waals surface area contributed by atoms with Crippen LogP contribution in [0.4, 0.5) is 0 Å². The van der Waals surface area contributed by atoms with Gasteiger partial charge in [-0.2, -0.15) is 0 Å². The number of carbonyl (C=O) groups excluding carboxylic acids is 1. The van der Waals surface area contributed by atoms with Crippen LogP contribution in [0.3, 0.4) is 0 Å². The number of hydrogen-bond acceptors (Lipinski definition) is 2. The van der Waals surface area contributed by atoms with Crippen LogP contribution in [0.25, 0.3) is 0 Å². The lowest BCUT2D eigenvalue weighted by Gasteiger charge is -2.05. The van der Waals surface area contributed by atoms with E-state index in [1.165, 1.54) is 19.2 Å². The zero-order valence-corrected chi connectivity index (χ0v) is 8.32. The highest BCUT2D eigenvalue weighted by Gasteiger charge is 2.13. The number of benzene rings is 1. The summed E-state index contributed by atoms with van der Waals surface area (Å²) in [5, 5.41) is 0.383. The summed E-state index contributed by atoms with van der Waals surface area (Å²) in [5.74, 6) is -0.169. The Morgan fingerprint density at radius 3 is 2.15 bits per heavy atom. The summed E-state index contributed by atoms with van der Waals surface area (Å²) in [5.41, 5.74) is 5.17. The topological polar surface area (TPSA) is 52.3 Å². The molecule has 0 aromatic heterocycles. The molecule has 3 nitrogen and oxygen atoms in total. The van der Waals surface area contributed by atoms with Gasteiger partial charge in [-0.05, 0) is 12.1 Å². The molecule has 0 saturated heterocycles. The van der Waals surface area contributed by atoms with Crippen LogP contribution >= 0.6 is 23.2 Å². The molecule has 0 saturated carbocycles. The quantitative estimate of drug-likeness (QED) is 0.829. The Morgan fingerprint density at radius 2 is 1.85 bits per heavy atom. The largest absolute Gasteiger partial charge is 0.497 e. The second kappa shape index (κ2) is 3.85. The van der Waals surface area contributed by atoms with E-state index in [-0.39, 0.29) is 15.6 Å². The number of amides is 1. The Labute approximate surface area is 85.4 Å². The number of nitrogens with two attached hydrogens (primary N) is 1. The maximum absolute atomic E-state index is 10.9. The maximum atomic E-state index is 10.9. The summed E-state index contributed by atoms with van der Waals surface area (Å²) in [4.78, 5) is 10.9. The van der Waals surface area contributed by atoms with Crippen molar-refractivity contribution in [1.29, 1.82) is 0 Å². The third kappa shape index (κ3) is 2.05. The number of rotatable bonds is 2. The lowest BCUT2D eigenvalue weighted by molar-refractivity contribution is 0.100. The van der Waals surface area contributed by atoms with Crippen LogP contribution in [-0.2, 0) is 0 Å². The van der Waals surface area contributed by atoms with Gasteiger partial charge in [0.05, 0.1) is 22.7 Å². The van der Waals surface area contributed by atoms with Crippen LogP contribution in [0, 0.1) is 0 Å². The Balaban J connectivity index is 3.31. The van der Waals surface area contributed by atoms with E-state index in [9.17, 15) is 4.79 Å². The van der Waals surface area contributed by atoms with Crippen molar-refractivity contribution in [3.8, 4) is 5.75 Å². The van der Waals surface area contributed by atoms with Crippen LogP contribution in [0.1, 0.15) is 10.4 Å². The zero-order valence-electron chi connectivity index (χ0n) is 6.80. The van der Waals surface area contributed by atoms with Gasteiger partial charge in [-0.15, -0.1) is 0 Å². The van der Waals surface area contributed by atoms with Gasteiger partial charge in [0, 0.05) is 0 Å². The summed E-state index contributed by atoms with van der Waals surface area (Å²) in [7, 11) is 1.48. The molecule has 1 amide bonds. The number of carbonyl (C=O) groups is 1. The zero-order chi connectivity index (χ0) is 10.0. The molecule has 2 N–H and O–H groups in total. The van der Waals surface area contributed by atoms with E-state index >= 15 is 0 Å². The smallest absolute Gasteiger partial charge is 0.251 e. The fraction of sp³-hybridized carbons (Fsp3) is 0.125. The lowest BCUT2D eigenvalue weighted by Crippen LogP contribution is -2.12. The van der Waals surface area contributed by atoms with Crippen molar-refractivity contribution < 1.29 is 9.53 Å². The first kappa shape index (κ1) is 10.2. The van der Waals surface area contributed by atoms with Crippen molar-refractivity contribution in [2.75, 3.05) is 7.11 Å². The fourth-order valence-corrected chi connectivity index (χ4v) is 1.56. The van der Waals surface area contributed by atoms with Crippen molar-refractivity contribution in [2.24, 2.45) is 5.73 Å². The Bertz CT molecular complexity index is 329. The summed E-state index contributed by atoms with van der Waals surface area (Å²) in [6, 6.07) is 2.96. The molecule has 0 aliphatic rings. The first-order valence-electron chi connectivity index (χ1n) is 3.39. The molecule has 5 heteroatoms. The summed E-state index contributed by atoms with van der Waals surface area (Å²) in [6.07, 6.45) is 0. The van der Waals surface area contributed by atoms with Crippen LogP contribution in [0.5, 0.6) is 5.75 Å². The molecule has 0 radical (unpaired) electrons. The lowest BCUT2D eigenvalue weighted by atomic mass is 10.2. The number of hydrogen-bond donors (Lipinski definition) is 1. The van der Waals surface area contributed by atoms with Crippen LogP contribution in [0.15, 0.2) is 12.1 Å². The maximum Gasteiger partial charge on any atom is 0.251 e. The summed E-state index contributed by atoms with van der Waals surface area (Å²) >= 11 is 11.5. The SMILES string of the molecule is COc1cc(Cl)c(C(N)=O)c(Cl)c1. The second-order valence-corrected chi connectivity index (χ2v) is 3.14. The fourth-order valence-electron chi connectivity index (χ4n) is 0.903. The van der Waals surface area contributed by atoms with Gasteiger partial charge in [0.2, 0.25) is 0 Å². The normalized spacial score (nSPS) is 9.77. The predicted octanol–water partition coefficient (Wildman–Crippen LogP) is 2.10. The highest BCUT2D eigenvalue weighted by molar-refractivity contribution is 6.39. The third-order valence-electron chi connectivity index (χ3n) is 1.50. The number of ether oxygens (including phenoxy) is 1. The Hall–Kier alpha value is -0.930. The molecule has 0 spiro atoms. The molecule has 0 atom stereocenters. The molecular weight excluding hydrogens is 213 g/mol. The van der Waals surface area contributed by atoms with Crippen molar-refractivity contribution in [3.63, 3.8) is 0 Å². The molecule has 0 aliphatic heterocycles. The standard InChI is InChI=1S/C8H7Cl2NO2/c1-13-4-2-5(9)7(8(11)12)6(10)3-4/h2-3H,1H3,(H2,11,12). The van der Waals surface area contributed by atoms with Crippen LogP contribution in [-0.4, -0.2) is 13.0 Å². The van der Waals surface area contributed by atoms with E-state index < -0.39 is 5.91 Å². The predicted molar refractivity (Wildman–Crippen MR) is 51.5 cm³/mol. The molecular formula is C8H7Cl2NO2. The molecule has 0 bridgehead atoms. The van der Waals surface area contributed by atoms with Crippen molar-refractivity contribution in [3.05, 3.63) is 27.7 Å². The van der Waals surface area contributed by atoms with Crippen LogP contribution in [0.2, 0.25) is 10.0 Å². The average Bonchev–Trinajstić information content (AvgIpc) is 2.02. The number of methoxy groups -OCH3 is 1. The molecule has 70 valence electrons. The number of halogens is 2. The highest BCUT2D eigenvalue weighted by Crippen LogP contribution is 2.29. The van der Waals surface area contributed by atoms with Gasteiger partial charge in [0.1, 0.15) is 5.75 Å². The molecule has 0 heterocycles. The highest BCUT2D eigenvalue weighted by atomic mass is 35.5. The summed E-state index contributed by atoms with van der Waals surface area (Å²) in [6.45, 7) is 0. The van der Waals surface area contributed by atoms with Gasteiger partial charge in [-0.3, -0.25) is 4.79 Å². The first-order chi connectivity index (χ1) is 6.06. The molecule has 1 aromatic rings. The van der Waals surface area contributed by atoms with Gasteiger partial charge in [-0.25, -0.2) is 0 Å². The monoisotopic (exact) mass is 219 g/mol. The Kier molecular flexibility index (Phi) is 3.01. The minimum absolute atomic E-state index is 0.115. The molecule has 1 rings (SSSR count). The molecule has 13 heavy (non-hydrogen) atoms. The van der Waals surface area contributed by atoms with Gasteiger partial charge in [-0.1, -0.05) is 23.2 Å². The van der Waals surface area contributed by atoms with Gasteiger partial charge in [0.25, 0.3) is 5.91 Å². The average molecular weight is 220 g/mol. The molecule has 0 unspecified atom stereocenters. The minimum atomic E-state index is -0.655. The Morgan fingerprint density at radius 1 is 1.38 bits per heavy atom. The van der Waals surface area contributed by atoms with E-state index in [1.54, 1.807) is 0 Å². The summed E-state index contributed by atoms with van der Waals surface area (Å²) < 4.78 is 4.89. The van der Waals surface area contributed by atoms with E-state index in [0.29, 0.717) is 5.75 Å². The minimum Gasteiger partial charge on any atom is -0.497 e. The molecule has 0 aliphatic carbocycles. The van der Waals surface area contributed by atoms with Crippen LogP contribution < -0.4 is 10.5 Å².